The molecule has 1 unspecified atom stereocenters. The van der Waals surface area contributed by atoms with Gasteiger partial charge < -0.3 is 10.1 Å². The molecule has 1 atom stereocenters. The van der Waals surface area contributed by atoms with Crippen molar-refractivity contribution < 1.29 is 4.79 Å². The molecule has 0 bridgehead atoms. The number of unbranched alkanes of at least 4 members (excludes halogenated alkanes) is 7. The molecule has 1 rings (SSSR count). The summed E-state index contributed by atoms with van der Waals surface area (Å²) in [6.07, 6.45) is 15.3. The van der Waals surface area contributed by atoms with E-state index in [2.05, 4.69) is 39.9 Å². The summed E-state index contributed by atoms with van der Waals surface area (Å²) in [6, 6.07) is 0. The minimum Gasteiger partial charge on any atom is -0.307 e. The Morgan fingerprint density at radius 1 is 0.913 bits per heavy atom. The Hall–Kier alpha value is -0.370. The van der Waals surface area contributed by atoms with Crippen molar-refractivity contribution in [3.8, 4) is 0 Å². The summed E-state index contributed by atoms with van der Waals surface area (Å²) in [5, 5.41) is 3.73. The predicted molar refractivity (Wildman–Crippen MR) is 101 cm³/mol. The predicted octanol–water partition coefficient (Wildman–Crippen LogP) is 5.89. The number of aldehydes is 1. The highest BCUT2D eigenvalue weighted by atomic mass is 16.1. The van der Waals surface area contributed by atoms with Crippen LogP contribution in [0, 0.1) is 11.8 Å². The van der Waals surface area contributed by atoms with E-state index < -0.39 is 0 Å². The number of hydrogen-bond acceptors (Lipinski definition) is 2. The Morgan fingerprint density at radius 2 is 1.39 bits per heavy atom. The van der Waals surface area contributed by atoms with Gasteiger partial charge in [-0.05, 0) is 52.9 Å². The molecule has 0 aromatic rings. The molecular formula is C21H41NO. The Bertz CT molecular complexity index is 319. The van der Waals surface area contributed by atoms with Crippen LogP contribution in [0.1, 0.15) is 105 Å². The lowest BCUT2D eigenvalue weighted by molar-refractivity contribution is -0.113. The lowest BCUT2D eigenvalue weighted by atomic mass is 9.70. The summed E-state index contributed by atoms with van der Waals surface area (Å²) < 4.78 is 0. The topological polar surface area (TPSA) is 29.1 Å². The minimum atomic E-state index is 0.146. The highest BCUT2D eigenvalue weighted by molar-refractivity contribution is 5.54. The smallest absolute Gasteiger partial charge is 0.123 e. The second-order valence-electron chi connectivity index (χ2n) is 9.12. The van der Waals surface area contributed by atoms with Gasteiger partial charge in [0.1, 0.15) is 6.29 Å². The summed E-state index contributed by atoms with van der Waals surface area (Å²) in [4.78, 5) is 11.6. The van der Waals surface area contributed by atoms with Crippen LogP contribution in [0.4, 0.5) is 0 Å². The van der Waals surface area contributed by atoms with E-state index >= 15 is 0 Å². The number of hydrogen-bond donors (Lipinski definition) is 1. The van der Waals surface area contributed by atoms with Gasteiger partial charge in [-0.15, -0.1) is 0 Å². The van der Waals surface area contributed by atoms with E-state index in [1.165, 1.54) is 57.7 Å². The van der Waals surface area contributed by atoms with Crippen molar-refractivity contribution in [2.24, 2.45) is 11.8 Å². The van der Waals surface area contributed by atoms with Crippen LogP contribution in [0.2, 0.25) is 0 Å². The van der Waals surface area contributed by atoms with Gasteiger partial charge in [0.2, 0.25) is 0 Å². The van der Waals surface area contributed by atoms with Gasteiger partial charge in [-0.2, -0.15) is 0 Å². The fourth-order valence-electron chi connectivity index (χ4n) is 4.63. The van der Waals surface area contributed by atoms with Crippen LogP contribution in [0.3, 0.4) is 0 Å². The minimum absolute atomic E-state index is 0.146. The molecule has 136 valence electrons. The van der Waals surface area contributed by atoms with Gasteiger partial charge in [-0.3, -0.25) is 0 Å². The quantitative estimate of drug-likeness (QED) is 0.379. The van der Waals surface area contributed by atoms with Crippen molar-refractivity contribution in [1.82, 2.24) is 5.32 Å². The van der Waals surface area contributed by atoms with Crippen molar-refractivity contribution >= 4 is 6.29 Å². The molecule has 1 aliphatic heterocycles. The van der Waals surface area contributed by atoms with Gasteiger partial charge in [-0.25, -0.2) is 0 Å². The third-order valence-electron chi connectivity index (χ3n) is 5.39. The Labute approximate surface area is 145 Å². The first-order valence-corrected chi connectivity index (χ1v) is 10.0. The van der Waals surface area contributed by atoms with Crippen LogP contribution >= 0.6 is 0 Å². The first kappa shape index (κ1) is 20.7. The fourth-order valence-corrected chi connectivity index (χ4v) is 4.63. The molecule has 23 heavy (non-hydrogen) atoms. The molecule has 1 aliphatic rings. The van der Waals surface area contributed by atoms with Crippen molar-refractivity contribution in [2.75, 3.05) is 0 Å². The van der Waals surface area contributed by atoms with Crippen molar-refractivity contribution in [1.29, 1.82) is 0 Å². The molecule has 1 saturated heterocycles. The number of carbonyl (C=O) groups excluding carboxylic acids is 1. The molecule has 1 N–H and O–H groups in total. The highest BCUT2D eigenvalue weighted by Crippen LogP contribution is 2.38. The zero-order chi connectivity index (χ0) is 17.3. The van der Waals surface area contributed by atoms with E-state index in [0.717, 1.165) is 19.3 Å². The number of carbonyl (C=O) groups is 1. The highest BCUT2D eigenvalue weighted by Gasteiger charge is 2.40. The fraction of sp³-hybridized carbons (Fsp3) is 0.952. The molecule has 0 aliphatic carbocycles. The standard InChI is InChI=1S/C21H41NO/c1-6-7-8-9-10-11-12-13-14-18(17-23)19-15-20(2,3)22-21(4,5)16-19/h17-19,22H,6-16H2,1-5H3. The first-order valence-electron chi connectivity index (χ1n) is 10.0. The SMILES string of the molecule is CCCCCCCCCCC(C=O)C1CC(C)(C)NC(C)(C)C1. The molecule has 1 fully saturated rings. The number of nitrogens with one attached hydrogen (secondary N) is 1. The van der Waals surface area contributed by atoms with Crippen molar-refractivity contribution in [3.63, 3.8) is 0 Å². The van der Waals surface area contributed by atoms with Crippen LogP contribution in [-0.2, 0) is 4.79 Å². The summed E-state index contributed by atoms with van der Waals surface area (Å²) in [5.41, 5.74) is 0.292. The van der Waals surface area contributed by atoms with E-state index in [9.17, 15) is 4.79 Å². The van der Waals surface area contributed by atoms with Gasteiger partial charge in [-0.1, -0.05) is 58.3 Å². The second kappa shape index (κ2) is 9.81. The zero-order valence-corrected chi connectivity index (χ0v) is 16.4. The van der Waals surface area contributed by atoms with Crippen LogP contribution in [0.5, 0.6) is 0 Å². The van der Waals surface area contributed by atoms with Gasteiger partial charge >= 0.3 is 0 Å². The van der Waals surface area contributed by atoms with E-state index in [0.29, 0.717) is 5.92 Å². The van der Waals surface area contributed by atoms with Crippen LogP contribution in [-0.4, -0.2) is 17.4 Å². The maximum atomic E-state index is 11.6. The average Bonchev–Trinajstić information content (AvgIpc) is 2.42. The average molecular weight is 324 g/mol. The van der Waals surface area contributed by atoms with E-state index in [-0.39, 0.29) is 17.0 Å². The lowest BCUT2D eigenvalue weighted by Crippen LogP contribution is -2.58. The second-order valence-corrected chi connectivity index (χ2v) is 9.12. The molecule has 0 aromatic heterocycles. The van der Waals surface area contributed by atoms with E-state index in [1.54, 1.807) is 0 Å². The van der Waals surface area contributed by atoms with E-state index in [4.69, 9.17) is 0 Å². The number of piperidine rings is 1. The summed E-state index contributed by atoms with van der Waals surface area (Å²) in [7, 11) is 0. The summed E-state index contributed by atoms with van der Waals surface area (Å²) in [6.45, 7) is 11.4. The molecule has 0 saturated carbocycles. The molecule has 1 heterocycles. The van der Waals surface area contributed by atoms with Crippen LogP contribution in [0.15, 0.2) is 0 Å². The van der Waals surface area contributed by atoms with Gasteiger partial charge in [0.05, 0.1) is 0 Å². The van der Waals surface area contributed by atoms with Gasteiger partial charge in [0.25, 0.3) is 0 Å². The van der Waals surface area contributed by atoms with E-state index in [1.807, 2.05) is 0 Å². The third-order valence-corrected chi connectivity index (χ3v) is 5.39. The molecule has 2 nitrogen and oxygen atoms in total. The molecular weight excluding hydrogens is 282 g/mol. The van der Waals surface area contributed by atoms with Crippen LogP contribution < -0.4 is 5.32 Å². The first-order chi connectivity index (χ1) is 10.8. The maximum Gasteiger partial charge on any atom is 0.123 e. The monoisotopic (exact) mass is 323 g/mol. The zero-order valence-electron chi connectivity index (χ0n) is 16.4. The van der Waals surface area contributed by atoms with Crippen LogP contribution in [0.25, 0.3) is 0 Å². The number of rotatable bonds is 11. The largest absolute Gasteiger partial charge is 0.307 e. The maximum absolute atomic E-state index is 11.6. The summed E-state index contributed by atoms with van der Waals surface area (Å²) >= 11 is 0. The van der Waals surface area contributed by atoms with Gasteiger partial charge in [0.15, 0.2) is 0 Å². The normalized spacial score (nSPS) is 22.0. The Kier molecular flexibility index (Phi) is 8.82. The Balaban J connectivity index is 2.29. The lowest BCUT2D eigenvalue weighted by Gasteiger charge is -2.48. The third kappa shape index (κ3) is 8.33. The molecule has 0 aromatic carbocycles. The van der Waals surface area contributed by atoms with Crippen molar-refractivity contribution in [3.05, 3.63) is 0 Å². The molecule has 0 spiro atoms. The Morgan fingerprint density at radius 3 is 1.87 bits per heavy atom. The molecule has 0 amide bonds. The molecule has 2 heteroatoms. The van der Waals surface area contributed by atoms with Gasteiger partial charge in [0, 0.05) is 17.0 Å². The summed E-state index contributed by atoms with van der Waals surface area (Å²) in [5.74, 6) is 0.805. The molecule has 0 radical (unpaired) electrons. The van der Waals surface area contributed by atoms with Crippen molar-refractivity contribution in [2.45, 2.75) is 116 Å².